The van der Waals surface area contributed by atoms with Crippen LogP contribution in [0.15, 0.2) is 0 Å². The molecule has 2 aliphatic rings. The fourth-order valence-electron chi connectivity index (χ4n) is 3.03. The number of rotatable bonds is 4. The molecule has 1 fully saturated rings. The highest BCUT2D eigenvalue weighted by atomic mass is 16.6. The van der Waals surface area contributed by atoms with Gasteiger partial charge in [-0.15, -0.1) is 0 Å². The van der Waals surface area contributed by atoms with Crippen molar-refractivity contribution in [3.05, 3.63) is 17.0 Å². The van der Waals surface area contributed by atoms with E-state index in [1.807, 2.05) is 25.5 Å². The van der Waals surface area contributed by atoms with Crippen LogP contribution in [0.3, 0.4) is 0 Å². The summed E-state index contributed by atoms with van der Waals surface area (Å²) in [5, 5.41) is 4.52. The highest BCUT2D eigenvalue weighted by Gasteiger charge is 2.34. The second-order valence-electron chi connectivity index (χ2n) is 7.77. The van der Waals surface area contributed by atoms with Crippen molar-refractivity contribution in [2.75, 3.05) is 13.2 Å². The van der Waals surface area contributed by atoms with E-state index in [9.17, 15) is 9.59 Å². The van der Waals surface area contributed by atoms with Crippen molar-refractivity contribution < 1.29 is 19.1 Å². The van der Waals surface area contributed by atoms with E-state index >= 15 is 0 Å². The summed E-state index contributed by atoms with van der Waals surface area (Å²) < 4.78 is 12.6. The lowest BCUT2D eigenvalue weighted by Crippen LogP contribution is -2.40. The summed E-state index contributed by atoms with van der Waals surface area (Å²) in [6, 6.07) is 0. The molecule has 2 heterocycles. The van der Waals surface area contributed by atoms with Crippen molar-refractivity contribution in [1.82, 2.24) is 14.7 Å². The van der Waals surface area contributed by atoms with E-state index in [-0.39, 0.29) is 6.09 Å². The Labute approximate surface area is 148 Å². The van der Waals surface area contributed by atoms with Crippen LogP contribution < -0.4 is 0 Å². The molecule has 7 nitrogen and oxygen atoms in total. The fraction of sp³-hybridized carbons (Fsp3) is 0.722. The summed E-state index contributed by atoms with van der Waals surface area (Å²) in [5.41, 5.74) is 1.65. The summed E-state index contributed by atoms with van der Waals surface area (Å²) in [7, 11) is 0. The molecular formula is C18H27N3O4. The van der Waals surface area contributed by atoms with Crippen molar-refractivity contribution in [1.29, 1.82) is 0 Å². The molecule has 0 unspecified atom stereocenters. The van der Waals surface area contributed by atoms with Gasteiger partial charge in [0.05, 0.1) is 13.2 Å². The van der Waals surface area contributed by atoms with Gasteiger partial charge in [0.25, 0.3) is 0 Å². The first-order valence-electron chi connectivity index (χ1n) is 9.02. The van der Waals surface area contributed by atoms with E-state index < -0.39 is 11.6 Å². The summed E-state index contributed by atoms with van der Waals surface area (Å²) >= 11 is 0. The maximum atomic E-state index is 12.4. The Morgan fingerprint density at radius 2 is 2.00 bits per heavy atom. The van der Waals surface area contributed by atoms with E-state index in [1.54, 1.807) is 11.8 Å². The third-order valence-electron chi connectivity index (χ3n) is 4.38. The number of aromatic nitrogens is 2. The normalized spacial score (nSPS) is 17.2. The first-order chi connectivity index (χ1) is 11.8. The number of carbonyl (C=O) groups is 2. The standard InChI is InChI=1S/C18H27N3O4/c1-5-24-16(22)15-13-11-20(17(23)25-18(2,3)4)9-8-14(13)21(19-15)10-12-6-7-12/h12H,5-11H2,1-4H3. The average Bonchev–Trinajstić information content (AvgIpc) is 3.26. The van der Waals surface area contributed by atoms with Crippen molar-refractivity contribution in [2.24, 2.45) is 5.92 Å². The highest BCUT2D eigenvalue weighted by Crippen LogP contribution is 2.33. The van der Waals surface area contributed by atoms with Crippen molar-refractivity contribution in [2.45, 2.75) is 65.6 Å². The molecule has 7 heteroatoms. The van der Waals surface area contributed by atoms with Gasteiger partial charge in [-0.05, 0) is 46.5 Å². The zero-order chi connectivity index (χ0) is 18.2. The van der Waals surface area contributed by atoms with Gasteiger partial charge in [-0.25, -0.2) is 9.59 Å². The quantitative estimate of drug-likeness (QED) is 0.782. The van der Waals surface area contributed by atoms with Crippen LogP contribution in [0.4, 0.5) is 4.79 Å². The van der Waals surface area contributed by atoms with Gasteiger partial charge in [0.1, 0.15) is 5.60 Å². The molecule has 0 saturated heterocycles. The molecule has 0 aromatic carbocycles. The summed E-state index contributed by atoms with van der Waals surface area (Å²) in [4.78, 5) is 26.3. The lowest BCUT2D eigenvalue weighted by atomic mass is 10.1. The Kier molecular flexibility index (Phi) is 4.75. The Morgan fingerprint density at radius 1 is 1.28 bits per heavy atom. The first-order valence-corrected chi connectivity index (χ1v) is 9.02. The van der Waals surface area contributed by atoms with Crippen LogP contribution in [0.2, 0.25) is 0 Å². The van der Waals surface area contributed by atoms with E-state index in [1.165, 1.54) is 12.8 Å². The maximum Gasteiger partial charge on any atom is 0.410 e. The van der Waals surface area contributed by atoms with Crippen LogP contribution in [-0.2, 0) is 29.0 Å². The highest BCUT2D eigenvalue weighted by molar-refractivity contribution is 5.89. The Bertz CT molecular complexity index is 671. The minimum atomic E-state index is -0.544. The molecule has 1 aliphatic heterocycles. The number of amides is 1. The molecule has 25 heavy (non-hydrogen) atoms. The first kappa shape index (κ1) is 17.8. The molecule has 3 rings (SSSR count). The number of esters is 1. The molecule has 0 N–H and O–H groups in total. The number of nitrogens with zero attached hydrogens (tertiary/aromatic N) is 3. The molecule has 1 aliphatic carbocycles. The molecule has 0 atom stereocenters. The van der Waals surface area contributed by atoms with Crippen LogP contribution in [0.1, 0.15) is 62.3 Å². The maximum absolute atomic E-state index is 12.4. The zero-order valence-corrected chi connectivity index (χ0v) is 15.5. The van der Waals surface area contributed by atoms with Crippen molar-refractivity contribution in [3.8, 4) is 0 Å². The minimum absolute atomic E-state index is 0.304. The van der Waals surface area contributed by atoms with E-state index in [2.05, 4.69) is 5.10 Å². The molecule has 1 aromatic rings. The largest absolute Gasteiger partial charge is 0.461 e. The van der Waals surface area contributed by atoms with Crippen molar-refractivity contribution in [3.63, 3.8) is 0 Å². The molecule has 0 bridgehead atoms. The number of fused-ring (bicyclic) bond motifs is 1. The van der Waals surface area contributed by atoms with E-state index in [4.69, 9.17) is 9.47 Å². The fourth-order valence-corrected chi connectivity index (χ4v) is 3.03. The van der Waals surface area contributed by atoms with Crippen LogP contribution >= 0.6 is 0 Å². The van der Waals surface area contributed by atoms with Gasteiger partial charge in [0.15, 0.2) is 5.69 Å². The third kappa shape index (κ3) is 4.14. The number of hydrogen-bond donors (Lipinski definition) is 0. The average molecular weight is 349 g/mol. The van der Waals surface area contributed by atoms with Crippen LogP contribution in [0, 0.1) is 5.92 Å². The Balaban J connectivity index is 1.84. The number of hydrogen-bond acceptors (Lipinski definition) is 5. The van der Waals surface area contributed by atoms with Crippen LogP contribution in [0.25, 0.3) is 0 Å². The lowest BCUT2D eigenvalue weighted by Gasteiger charge is -2.30. The summed E-state index contributed by atoms with van der Waals surface area (Å²) in [6.45, 7) is 9.36. The second-order valence-corrected chi connectivity index (χ2v) is 7.77. The minimum Gasteiger partial charge on any atom is -0.461 e. The summed E-state index contributed by atoms with van der Waals surface area (Å²) in [6.07, 6.45) is 2.75. The van der Waals surface area contributed by atoms with E-state index in [0.717, 1.165) is 17.8 Å². The van der Waals surface area contributed by atoms with Crippen molar-refractivity contribution >= 4 is 12.1 Å². The van der Waals surface area contributed by atoms with Crippen LogP contribution in [-0.4, -0.2) is 45.5 Å². The zero-order valence-electron chi connectivity index (χ0n) is 15.5. The predicted octanol–water partition coefficient (Wildman–Crippen LogP) is 2.76. The smallest absolute Gasteiger partial charge is 0.410 e. The Hall–Kier alpha value is -2.05. The van der Waals surface area contributed by atoms with Gasteiger partial charge in [-0.2, -0.15) is 5.10 Å². The predicted molar refractivity (Wildman–Crippen MR) is 91.3 cm³/mol. The van der Waals surface area contributed by atoms with Gasteiger partial charge in [0, 0.05) is 30.8 Å². The van der Waals surface area contributed by atoms with Crippen LogP contribution in [0.5, 0.6) is 0 Å². The lowest BCUT2D eigenvalue weighted by molar-refractivity contribution is 0.0219. The molecule has 0 radical (unpaired) electrons. The number of carbonyl (C=O) groups excluding carboxylic acids is 2. The third-order valence-corrected chi connectivity index (χ3v) is 4.38. The molecule has 1 saturated carbocycles. The second kappa shape index (κ2) is 6.69. The van der Waals surface area contributed by atoms with Gasteiger partial charge in [0.2, 0.25) is 0 Å². The SMILES string of the molecule is CCOC(=O)c1nn(CC2CC2)c2c1CN(C(=O)OC(C)(C)C)CC2. The molecule has 1 amide bonds. The van der Waals surface area contributed by atoms with Gasteiger partial charge < -0.3 is 14.4 Å². The summed E-state index contributed by atoms with van der Waals surface area (Å²) in [5.74, 6) is 0.238. The van der Waals surface area contributed by atoms with Gasteiger partial charge in [-0.1, -0.05) is 0 Å². The topological polar surface area (TPSA) is 73.7 Å². The number of ether oxygens (including phenoxy) is 2. The van der Waals surface area contributed by atoms with E-state index in [0.29, 0.717) is 37.7 Å². The molecule has 138 valence electrons. The van der Waals surface area contributed by atoms with Gasteiger partial charge in [-0.3, -0.25) is 4.68 Å². The molecule has 1 aromatic heterocycles. The monoisotopic (exact) mass is 349 g/mol. The van der Waals surface area contributed by atoms with Gasteiger partial charge >= 0.3 is 12.1 Å². The molecule has 0 spiro atoms. The molecular weight excluding hydrogens is 322 g/mol. The Morgan fingerprint density at radius 3 is 2.60 bits per heavy atom.